The lowest BCUT2D eigenvalue weighted by molar-refractivity contribution is -0.116. The second-order valence-corrected chi connectivity index (χ2v) is 7.68. The SMILES string of the molecule is CCSc1nnc(NC(=O)CCCc2ncc(-c3ccccc3)o2)s1. The second kappa shape index (κ2) is 8.77. The molecule has 3 rings (SSSR count). The summed E-state index contributed by atoms with van der Waals surface area (Å²) in [6.45, 7) is 2.05. The van der Waals surface area contributed by atoms with Crippen molar-refractivity contribution in [3.63, 3.8) is 0 Å². The van der Waals surface area contributed by atoms with Gasteiger partial charge < -0.3 is 9.73 Å². The average Bonchev–Trinajstić information content (AvgIpc) is 3.26. The molecule has 0 saturated heterocycles. The van der Waals surface area contributed by atoms with Crippen LogP contribution in [0.2, 0.25) is 0 Å². The first-order valence-corrected chi connectivity index (χ1v) is 9.81. The molecule has 1 aromatic carbocycles. The molecule has 1 amide bonds. The zero-order chi connectivity index (χ0) is 17.5. The molecule has 6 nitrogen and oxygen atoms in total. The number of anilines is 1. The standard InChI is InChI=1S/C17H18N4O2S2/c1-2-24-17-21-20-16(25-17)19-14(22)9-6-10-15-18-11-13(23-15)12-7-4-3-5-8-12/h3-5,7-8,11H,2,6,9-10H2,1H3,(H,19,20,22). The van der Waals surface area contributed by atoms with Gasteiger partial charge in [-0.3, -0.25) is 4.79 Å². The molecule has 8 heteroatoms. The Kier molecular flexibility index (Phi) is 6.19. The summed E-state index contributed by atoms with van der Waals surface area (Å²) in [6.07, 6.45) is 3.39. The highest BCUT2D eigenvalue weighted by Crippen LogP contribution is 2.25. The predicted molar refractivity (Wildman–Crippen MR) is 99.8 cm³/mol. The zero-order valence-electron chi connectivity index (χ0n) is 13.8. The third kappa shape index (κ3) is 5.14. The van der Waals surface area contributed by atoms with E-state index in [1.165, 1.54) is 11.3 Å². The number of hydrogen-bond acceptors (Lipinski definition) is 7. The van der Waals surface area contributed by atoms with Gasteiger partial charge in [0.2, 0.25) is 11.0 Å². The van der Waals surface area contributed by atoms with E-state index < -0.39 is 0 Å². The van der Waals surface area contributed by atoms with Crippen molar-refractivity contribution in [2.45, 2.75) is 30.5 Å². The maximum Gasteiger partial charge on any atom is 0.226 e. The largest absolute Gasteiger partial charge is 0.441 e. The van der Waals surface area contributed by atoms with Gasteiger partial charge in [-0.05, 0) is 12.2 Å². The van der Waals surface area contributed by atoms with Crippen molar-refractivity contribution in [2.75, 3.05) is 11.1 Å². The Balaban J connectivity index is 1.44. The van der Waals surface area contributed by atoms with Crippen LogP contribution in [0.25, 0.3) is 11.3 Å². The van der Waals surface area contributed by atoms with E-state index in [1.807, 2.05) is 30.3 Å². The van der Waals surface area contributed by atoms with Crippen molar-refractivity contribution in [2.24, 2.45) is 0 Å². The Morgan fingerprint density at radius 2 is 2.12 bits per heavy atom. The molecule has 1 N–H and O–H groups in total. The Morgan fingerprint density at radius 3 is 2.92 bits per heavy atom. The lowest BCUT2D eigenvalue weighted by atomic mass is 10.2. The number of rotatable bonds is 8. The quantitative estimate of drug-likeness (QED) is 0.468. The minimum absolute atomic E-state index is 0.0703. The highest BCUT2D eigenvalue weighted by atomic mass is 32.2. The van der Waals surface area contributed by atoms with Crippen LogP contribution in [-0.4, -0.2) is 26.8 Å². The maximum atomic E-state index is 12.0. The molecule has 2 aromatic heterocycles. The first kappa shape index (κ1) is 17.6. The number of nitrogens with one attached hydrogen (secondary N) is 1. The van der Waals surface area contributed by atoms with Crippen LogP contribution < -0.4 is 5.32 Å². The van der Waals surface area contributed by atoms with Crippen LogP contribution in [0.1, 0.15) is 25.7 Å². The summed E-state index contributed by atoms with van der Waals surface area (Å²) in [5.41, 5.74) is 0.996. The van der Waals surface area contributed by atoms with Crippen molar-refractivity contribution in [1.82, 2.24) is 15.2 Å². The molecule has 0 aliphatic heterocycles. The summed E-state index contributed by atoms with van der Waals surface area (Å²) in [5, 5.41) is 11.3. The molecule has 3 aromatic rings. The molecule has 0 atom stereocenters. The molecule has 0 fully saturated rings. The number of hydrogen-bond donors (Lipinski definition) is 1. The fourth-order valence-corrected chi connectivity index (χ4v) is 3.85. The lowest BCUT2D eigenvalue weighted by Gasteiger charge is -2.00. The van der Waals surface area contributed by atoms with Gasteiger partial charge >= 0.3 is 0 Å². The van der Waals surface area contributed by atoms with Gasteiger partial charge in [-0.1, -0.05) is 60.4 Å². The highest BCUT2D eigenvalue weighted by Gasteiger charge is 2.10. The van der Waals surface area contributed by atoms with Crippen molar-refractivity contribution >= 4 is 34.1 Å². The van der Waals surface area contributed by atoms with E-state index in [1.54, 1.807) is 18.0 Å². The van der Waals surface area contributed by atoms with Gasteiger partial charge in [-0.25, -0.2) is 4.98 Å². The predicted octanol–water partition coefficient (Wildman–Crippen LogP) is 4.27. The number of oxazole rings is 1. The third-order valence-corrected chi connectivity index (χ3v) is 5.18. The van der Waals surface area contributed by atoms with Crippen LogP contribution in [-0.2, 0) is 11.2 Å². The zero-order valence-corrected chi connectivity index (χ0v) is 15.4. The fourth-order valence-electron chi connectivity index (χ4n) is 2.19. The van der Waals surface area contributed by atoms with Gasteiger partial charge in [-0.2, -0.15) is 0 Å². The number of aromatic nitrogens is 3. The number of carbonyl (C=O) groups excluding carboxylic acids is 1. The molecule has 0 aliphatic carbocycles. The fraction of sp³-hybridized carbons (Fsp3) is 0.294. The molecule has 0 bridgehead atoms. The number of benzene rings is 1. The van der Waals surface area contributed by atoms with Crippen molar-refractivity contribution in [3.8, 4) is 11.3 Å². The third-order valence-electron chi connectivity index (χ3n) is 3.33. The molecular weight excluding hydrogens is 356 g/mol. The van der Waals surface area contributed by atoms with E-state index in [9.17, 15) is 4.79 Å². The van der Waals surface area contributed by atoms with Crippen LogP contribution in [0.4, 0.5) is 5.13 Å². The summed E-state index contributed by atoms with van der Waals surface area (Å²) < 4.78 is 6.60. The summed E-state index contributed by atoms with van der Waals surface area (Å²) in [4.78, 5) is 16.2. The molecule has 25 heavy (non-hydrogen) atoms. The van der Waals surface area contributed by atoms with Crippen LogP contribution >= 0.6 is 23.1 Å². The Bertz CT molecular complexity index is 817. The van der Waals surface area contributed by atoms with Gasteiger partial charge in [0.1, 0.15) is 0 Å². The summed E-state index contributed by atoms with van der Waals surface area (Å²) in [7, 11) is 0. The van der Waals surface area contributed by atoms with E-state index in [0.29, 0.717) is 30.3 Å². The molecule has 0 unspecified atom stereocenters. The summed E-state index contributed by atoms with van der Waals surface area (Å²) >= 11 is 3.01. The smallest absolute Gasteiger partial charge is 0.226 e. The molecular formula is C17H18N4O2S2. The van der Waals surface area contributed by atoms with Gasteiger partial charge in [0, 0.05) is 18.4 Å². The number of carbonyl (C=O) groups is 1. The number of amides is 1. The highest BCUT2D eigenvalue weighted by molar-refractivity contribution is 8.01. The van der Waals surface area contributed by atoms with E-state index >= 15 is 0 Å². The minimum atomic E-state index is -0.0703. The Labute approximate surface area is 154 Å². The van der Waals surface area contributed by atoms with Crippen molar-refractivity contribution < 1.29 is 9.21 Å². The van der Waals surface area contributed by atoms with Crippen LogP contribution in [0.3, 0.4) is 0 Å². The minimum Gasteiger partial charge on any atom is -0.441 e. The summed E-state index contributed by atoms with van der Waals surface area (Å²) in [5.74, 6) is 2.25. The molecule has 0 aliphatic rings. The topological polar surface area (TPSA) is 80.9 Å². The maximum absolute atomic E-state index is 12.0. The lowest BCUT2D eigenvalue weighted by Crippen LogP contribution is -2.11. The van der Waals surface area contributed by atoms with E-state index in [-0.39, 0.29) is 5.91 Å². The van der Waals surface area contributed by atoms with Crippen LogP contribution in [0, 0.1) is 0 Å². The van der Waals surface area contributed by atoms with Crippen LogP contribution in [0.15, 0.2) is 45.3 Å². The van der Waals surface area contributed by atoms with Gasteiger partial charge in [0.05, 0.1) is 6.20 Å². The molecule has 2 heterocycles. The Hall–Kier alpha value is -2.19. The van der Waals surface area contributed by atoms with Crippen molar-refractivity contribution in [1.29, 1.82) is 0 Å². The Morgan fingerprint density at radius 1 is 1.28 bits per heavy atom. The van der Waals surface area contributed by atoms with Gasteiger partial charge in [-0.15, -0.1) is 10.2 Å². The summed E-state index contributed by atoms with van der Waals surface area (Å²) in [6, 6.07) is 9.83. The van der Waals surface area contributed by atoms with Gasteiger partial charge in [0.25, 0.3) is 0 Å². The van der Waals surface area contributed by atoms with Gasteiger partial charge in [0.15, 0.2) is 16.0 Å². The molecule has 0 saturated carbocycles. The number of nitrogens with zero attached hydrogens (tertiary/aromatic N) is 3. The second-order valence-electron chi connectivity index (χ2n) is 5.19. The number of thioether (sulfide) groups is 1. The normalized spacial score (nSPS) is 10.8. The van der Waals surface area contributed by atoms with Crippen molar-refractivity contribution in [3.05, 3.63) is 42.4 Å². The molecule has 130 valence electrons. The molecule has 0 radical (unpaired) electrons. The molecule has 0 spiro atoms. The van der Waals surface area contributed by atoms with E-state index in [0.717, 1.165) is 21.4 Å². The monoisotopic (exact) mass is 374 g/mol. The van der Waals surface area contributed by atoms with E-state index in [2.05, 4.69) is 27.4 Å². The van der Waals surface area contributed by atoms with Crippen LogP contribution in [0.5, 0.6) is 0 Å². The number of aryl methyl sites for hydroxylation is 1. The van der Waals surface area contributed by atoms with E-state index in [4.69, 9.17) is 4.42 Å². The first-order valence-electron chi connectivity index (χ1n) is 8.01. The average molecular weight is 374 g/mol. The first-order chi connectivity index (χ1) is 12.2.